The van der Waals surface area contributed by atoms with Gasteiger partial charge in [0, 0.05) is 16.6 Å². The number of carbonyl (C=O) groups excluding carboxylic acids is 2. The van der Waals surface area contributed by atoms with Gasteiger partial charge in [0.2, 0.25) is 5.91 Å². The molecule has 128 valence electrons. The van der Waals surface area contributed by atoms with Gasteiger partial charge in [0.25, 0.3) is 5.91 Å². The van der Waals surface area contributed by atoms with Crippen LogP contribution in [0.2, 0.25) is 0 Å². The monoisotopic (exact) mass is 409 g/mol. The van der Waals surface area contributed by atoms with E-state index in [1.807, 2.05) is 19.1 Å². The summed E-state index contributed by atoms with van der Waals surface area (Å²) in [6.45, 7) is 5.97. The van der Waals surface area contributed by atoms with Crippen LogP contribution in [0, 0.1) is 12.8 Å². The first kappa shape index (κ1) is 18.6. The fourth-order valence-corrected chi connectivity index (χ4v) is 3.54. The Morgan fingerprint density at radius 2 is 1.92 bits per heavy atom. The maximum absolute atomic E-state index is 12.2. The van der Waals surface area contributed by atoms with Crippen molar-refractivity contribution in [2.24, 2.45) is 5.92 Å². The number of amides is 2. The zero-order chi connectivity index (χ0) is 17.7. The fourth-order valence-electron chi connectivity index (χ4n) is 2.08. The predicted molar refractivity (Wildman–Crippen MR) is 100 cm³/mol. The minimum absolute atomic E-state index is 0.0776. The van der Waals surface area contributed by atoms with Gasteiger partial charge in [0.15, 0.2) is 0 Å². The summed E-state index contributed by atoms with van der Waals surface area (Å²) >= 11 is 4.73. The summed E-state index contributed by atoms with van der Waals surface area (Å²) in [7, 11) is 0. The van der Waals surface area contributed by atoms with Crippen LogP contribution < -0.4 is 10.6 Å². The van der Waals surface area contributed by atoms with E-state index < -0.39 is 0 Å². The molecule has 2 N–H and O–H groups in total. The first-order valence-corrected chi connectivity index (χ1v) is 9.26. The highest BCUT2D eigenvalue weighted by molar-refractivity contribution is 9.10. The van der Waals surface area contributed by atoms with Gasteiger partial charge in [-0.1, -0.05) is 29.8 Å². The minimum Gasteiger partial charge on any atom is -0.342 e. The lowest BCUT2D eigenvalue weighted by atomic mass is 10.1. The maximum Gasteiger partial charge on any atom is 0.263 e. The van der Waals surface area contributed by atoms with Crippen LogP contribution in [-0.2, 0) is 11.2 Å². The molecule has 5 nitrogen and oxygen atoms in total. The molecule has 0 saturated carbocycles. The zero-order valence-corrected chi connectivity index (χ0v) is 16.3. The summed E-state index contributed by atoms with van der Waals surface area (Å²) in [5.41, 5.74) is 1.40. The molecule has 0 aliphatic heterocycles. The number of rotatable bonds is 6. The normalized spacial score (nSPS) is 10.7. The van der Waals surface area contributed by atoms with Crippen molar-refractivity contribution in [1.29, 1.82) is 0 Å². The van der Waals surface area contributed by atoms with E-state index in [1.54, 1.807) is 12.1 Å². The number of nitrogens with one attached hydrogen (secondary N) is 2. The molecule has 2 amide bonds. The standard InChI is InChI=1S/C17H20BrN3O2S/c1-10(2)8-15-20-11(3)16(24-15)17(23)19-9-14(22)21-13-6-4-12(18)5-7-13/h4-7,10H,8-9H2,1-3H3,(H,19,23)(H,21,22). The van der Waals surface area contributed by atoms with Gasteiger partial charge in [0.1, 0.15) is 4.88 Å². The molecular formula is C17H20BrN3O2S. The van der Waals surface area contributed by atoms with Crippen molar-refractivity contribution in [3.05, 3.63) is 44.3 Å². The highest BCUT2D eigenvalue weighted by Crippen LogP contribution is 2.20. The Morgan fingerprint density at radius 1 is 1.25 bits per heavy atom. The first-order chi connectivity index (χ1) is 11.3. The lowest BCUT2D eigenvalue weighted by molar-refractivity contribution is -0.115. The second-order valence-corrected chi connectivity index (χ2v) is 7.86. The van der Waals surface area contributed by atoms with E-state index in [2.05, 4.69) is 45.4 Å². The largest absolute Gasteiger partial charge is 0.342 e. The molecule has 1 heterocycles. The quantitative estimate of drug-likeness (QED) is 0.762. The number of hydrogen-bond acceptors (Lipinski definition) is 4. The van der Waals surface area contributed by atoms with Gasteiger partial charge in [-0.3, -0.25) is 9.59 Å². The smallest absolute Gasteiger partial charge is 0.263 e. The Balaban J connectivity index is 1.89. The summed E-state index contributed by atoms with van der Waals surface area (Å²) in [6.07, 6.45) is 0.850. The number of thiazole rings is 1. The van der Waals surface area contributed by atoms with Gasteiger partial charge >= 0.3 is 0 Å². The highest BCUT2D eigenvalue weighted by Gasteiger charge is 2.16. The number of aromatic nitrogens is 1. The molecule has 0 radical (unpaired) electrons. The molecule has 0 atom stereocenters. The number of anilines is 1. The molecule has 0 saturated heterocycles. The Labute approximate surface area is 154 Å². The van der Waals surface area contributed by atoms with E-state index in [1.165, 1.54) is 11.3 Å². The van der Waals surface area contributed by atoms with Crippen molar-refractivity contribution in [1.82, 2.24) is 10.3 Å². The molecule has 0 aliphatic carbocycles. The van der Waals surface area contributed by atoms with Crippen molar-refractivity contribution >= 4 is 44.8 Å². The molecule has 0 aliphatic rings. The molecule has 2 rings (SSSR count). The first-order valence-electron chi connectivity index (χ1n) is 7.65. The topological polar surface area (TPSA) is 71.1 Å². The maximum atomic E-state index is 12.2. The number of nitrogens with zero attached hydrogens (tertiary/aromatic N) is 1. The van der Waals surface area contributed by atoms with Crippen molar-refractivity contribution in [2.75, 3.05) is 11.9 Å². The Hall–Kier alpha value is -1.73. The lowest BCUT2D eigenvalue weighted by Crippen LogP contribution is -2.32. The second kappa shape index (κ2) is 8.39. The van der Waals surface area contributed by atoms with Crippen LogP contribution in [0.4, 0.5) is 5.69 Å². The number of aryl methyl sites for hydroxylation is 1. The molecule has 0 bridgehead atoms. The van der Waals surface area contributed by atoms with Crippen LogP contribution in [0.5, 0.6) is 0 Å². The number of carbonyl (C=O) groups is 2. The van der Waals surface area contributed by atoms with Crippen LogP contribution in [0.3, 0.4) is 0 Å². The number of halogens is 1. The molecule has 1 aromatic carbocycles. The van der Waals surface area contributed by atoms with E-state index in [0.29, 0.717) is 22.2 Å². The number of benzene rings is 1. The van der Waals surface area contributed by atoms with Gasteiger partial charge in [-0.2, -0.15) is 0 Å². The van der Waals surface area contributed by atoms with Gasteiger partial charge in [-0.05, 0) is 37.1 Å². The van der Waals surface area contributed by atoms with Gasteiger partial charge in [-0.15, -0.1) is 11.3 Å². The van der Waals surface area contributed by atoms with E-state index in [-0.39, 0.29) is 18.4 Å². The van der Waals surface area contributed by atoms with Crippen molar-refractivity contribution in [3.63, 3.8) is 0 Å². The summed E-state index contributed by atoms with van der Waals surface area (Å²) in [6, 6.07) is 7.25. The summed E-state index contributed by atoms with van der Waals surface area (Å²) in [4.78, 5) is 29.2. The van der Waals surface area contributed by atoms with Crippen LogP contribution in [0.1, 0.15) is 34.2 Å². The third kappa shape index (κ3) is 5.42. The second-order valence-electron chi connectivity index (χ2n) is 5.86. The van der Waals surface area contributed by atoms with Crippen molar-refractivity contribution < 1.29 is 9.59 Å². The van der Waals surface area contributed by atoms with Crippen molar-refractivity contribution in [2.45, 2.75) is 27.2 Å². The molecule has 0 unspecified atom stereocenters. The molecule has 2 aromatic rings. The number of hydrogen-bond donors (Lipinski definition) is 2. The fraction of sp³-hybridized carbons (Fsp3) is 0.353. The van der Waals surface area contributed by atoms with Crippen LogP contribution >= 0.6 is 27.3 Å². The van der Waals surface area contributed by atoms with Gasteiger partial charge in [0.05, 0.1) is 17.2 Å². The average Bonchev–Trinajstić information content (AvgIpc) is 2.87. The SMILES string of the molecule is Cc1nc(CC(C)C)sc1C(=O)NCC(=O)Nc1ccc(Br)cc1. The minimum atomic E-state index is -0.268. The summed E-state index contributed by atoms with van der Waals surface area (Å²) in [5.74, 6) is -0.0376. The molecule has 7 heteroatoms. The third-order valence-corrected chi connectivity index (χ3v) is 4.87. The van der Waals surface area contributed by atoms with Gasteiger partial charge < -0.3 is 10.6 Å². The van der Waals surface area contributed by atoms with Crippen molar-refractivity contribution in [3.8, 4) is 0 Å². The Kier molecular flexibility index (Phi) is 6.51. The highest BCUT2D eigenvalue weighted by atomic mass is 79.9. The summed E-state index contributed by atoms with van der Waals surface area (Å²) in [5, 5.41) is 6.33. The third-order valence-electron chi connectivity index (χ3n) is 3.17. The Morgan fingerprint density at radius 3 is 2.54 bits per heavy atom. The van der Waals surface area contributed by atoms with Crippen LogP contribution in [-0.4, -0.2) is 23.3 Å². The molecular weight excluding hydrogens is 390 g/mol. The predicted octanol–water partition coefficient (Wildman–Crippen LogP) is 3.78. The lowest BCUT2D eigenvalue weighted by Gasteiger charge is -2.06. The van der Waals surface area contributed by atoms with E-state index >= 15 is 0 Å². The zero-order valence-electron chi connectivity index (χ0n) is 13.9. The van der Waals surface area contributed by atoms with Gasteiger partial charge in [-0.25, -0.2) is 4.98 Å². The molecule has 24 heavy (non-hydrogen) atoms. The average molecular weight is 410 g/mol. The molecule has 0 fully saturated rings. The molecule has 1 aromatic heterocycles. The Bertz CT molecular complexity index is 726. The van der Waals surface area contributed by atoms with E-state index in [9.17, 15) is 9.59 Å². The van der Waals surface area contributed by atoms with E-state index in [4.69, 9.17) is 0 Å². The van der Waals surface area contributed by atoms with E-state index in [0.717, 1.165) is 15.9 Å². The van der Waals surface area contributed by atoms with Crippen LogP contribution in [0.25, 0.3) is 0 Å². The summed E-state index contributed by atoms with van der Waals surface area (Å²) < 4.78 is 0.937. The molecule has 0 spiro atoms. The van der Waals surface area contributed by atoms with Crippen LogP contribution in [0.15, 0.2) is 28.7 Å².